The summed E-state index contributed by atoms with van der Waals surface area (Å²) in [4.78, 5) is 19.6. The molecule has 146 valence electrons. The zero-order chi connectivity index (χ0) is 19.5. The number of nitrogens with one attached hydrogen (secondary N) is 1. The maximum Gasteiger partial charge on any atom is 0.159 e. The largest absolute Gasteiger partial charge is 0.399 e. The van der Waals surface area contributed by atoms with Gasteiger partial charge in [-0.2, -0.15) is 0 Å². The van der Waals surface area contributed by atoms with E-state index in [2.05, 4.69) is 26.8 Å². The van der Waals surface area contributed by atoms with Crippen molar-refractivity contribution >= 4 is 17.3 Å². The number of rotatable bonds is 6. The van der Waals surface area contributed by atoms with Crippen LogP contribution in [-0.2, 0) is 25.9 Å². The summed E-state index contributed by atoms with van der Waals surface area (Å²) in [6.07, 6.45) is 6.06. The quantitative estimate of drug-likeness (QED) is 0.615. The van der Waals surface area contributed by atoms with Crippen molar-refractivity contribution in [3.8, 4) is 11.4 Å². The summed E-state index contributed by atoms with van der Waals surface area (Å²) in [6, 6.07) is 7.68. The van der Waals surface area contributed by atoms with Crippen molar-refractivity contribution in [3.63, 3.8) is 0 Å². The average molecular weight is 397 g/mol. The Bertz CT molecular complexity index is 950. The molecule has 4 rings (SSSR count). The minimum atomic E-state index is 0.590. The van der Waals surface area contributed by atoms with E-state index in [1.807, 2.05) is 30.5 Å². The van der Waals surface area contributed by atoms with Crippen LogP contribution in [0.5, 0.6) is 0 Å². The number of H-pyrrole nitrogens is 1. The van der Waals surface area contributed by atoms with Crippen LogP contribution in [-0.4, -0.2) is 31.4 Å². The van der Waals surface area contributed by atoms with Gasteiger partial charge in [-0.1, -0.05) is 24.9 Å². The fraction of sp³-hybridized carbons (Fsp3) is 0.381. The van der Waals surface area contributed by atoms with E-state index in [-0.39, 0.29) is 0 Å². The molecule has 0 spiro atoms. The molecule has 0 bridgehead atoms. The highest BCUT2D eigenvalue weighted by molar-refractivity contribution is 6.30. The first-order chi connectivity index (χ1) is 13.6. The van der Waals surface area contributed by atoms with Gasteiger partial charge in [0.05, 0.1) is 11.4 Å². The summed E-state index contributed by atoms with van der Waals surface area (Å²) < 4.78 is 0. The Labute approximate surface area is 170 Å². The van der Waals surface area contributed by atoms with Crippen LogP contribution in [0, 0.1) is 0 Å². The second-order valence-electron chi connectivity index (χ2n) is 7.30. The molecule has 0 radical (unpaired) electrons. The summed E-state index contributed by atoms with van der Waals surface area (Å²) >= 11 is 6.34. The summed E-state index contributed by atoms with van der Waals surface area (Å²) in [6.45, 7) is 4.69. The van der Waals surface area contributed by atoms with Crippen molar-refractivity contribution < 1.29 is 0 Å². The van der Waals surface area contributed by atoms with E-state index in [1.165, 1.54) is 5.56 Å². The first-order valence-electron chi connectivity index (χ1n) is 9.78. The predicted octanol–water partition coefficient (Wildman–Crippen LogP) is 4.00. The molecule has 1 aromatic carbocycles. The van der Waals surface area contributed by atoms with E-state index in [0.29, 0.717) is 5.15 Å². The van der Waals surface area contributed by atoms with Gasteiger partial charge in [-0.15, -0.1) is 0 Å². The Morgan fingerprint density at radius 1 is 1.21 bits per heavy atom. The van der Waals surface area contributed by atoms with Crippen LogP contribution in [0.2, 0.25) is 5.15 Å². The van der Waals surface area contributed by atoms with E-state index in [9.17, 15) is 0 Å². The molecule has 3 aromatic rings. The van der Waals surface area contributed by atoms with Crippen molar-refractivity contribution in [1.82, 2.24) is 24.8 Å². The molecule has 7 heteroatoms. The number of imidazole rings is 1. The second kappa shape index (κ2) is 8.29. The Kier molecular flexibility index (Phi) is 5.59. The van der Waals surface area contributed by atoms with Gasteiger partial charge >= 0.3 is 0 Å². The molecular formula is C21H25ClN6. The number of halogens is 1. The highest BCUT2D eigenvalue weighted by Crippen LogP contribution is 2.24. The normalized spacial score (nSPS) is 14.2. The van der Waals surface area contributed by atoms with Crippen LogP contribution in [0.25, 0.3) is 11.4 Å². The molecule has 6 nitrogen and oxygen atoms in total. The van der Waals surface area contributed by atoms with E-state index >= 15 is 0 Å². The number of fused-ring (bicyclic) bond motifs is 1. The van der Waals surface area contributed by atoms with Crippen LogP contribution < -0.4 is 5.73 Å². The van der Waals surface area contributed by atoms with E-state index in [1.54, 1.807) is 0 Å². The average Bonchev–Trinajstić information content (AvgIpc) is 3.06. The highest BCUT2D eigenvalue weighted by Gasteiger charge is 2.21. The summed E-state index contributed by atoms with van der Waals surface area (Å²) in [7, 11) is 0. The summed E-state index contributed by atoms with van der Waals surface area (Å²) in [5.41, 5.74) is 10.8. The number of aromatic nitrogens is 4. The number of aromatic amines is 1. The molecular weight excluding hydrogens is 372 g/mol. The van der Waals surface area contributed by atoms with Gasteiger partial charge in [-0.25, -0.2) is 15.0 Å². The number of hydrogen-bond donors (Lipinski definition) is 2. The maximum atomic E-state index is 6.34. The summed E-state index contributed by atoms with van der Waals surface area (Å²) in [5.74, 6) is 1.74. The SMILES string of the molecule is CCCCc1nc(Cl)c(CN2CCc3nc(-c4ccc(N)cc4)ncc3C2)[nH]1. The zero-order valence-corrected chi connectivity index (χ0v) is 16.8. The Balaban J connectivity index is 1.45. The molecule has 3 N–H and O–H groups in total. The molecule has 3 heterocycles. The first kappa shape index (κ1) is 18.9. The second-order valence-corrected chi connectivity index (χ2v) is 7.66. The monoisotopic (exact) mass is 396 g/mol. The molecule has 0 saturated carbocycles. The van der Waals surface area contributed by atoms with Crippen LogP contribution >= 0.6 is 11.6 Å². The van der Waals surface area contributed by atoms with E-state index in [0.717, 1.165) is 79.6 Å². The van der Waals surface area contributed by atoms with Crippen molar-refractivity contribution in [1.29, 1.82) is 0 Å². The standard InChI is InChI=1S/C21H25ClN6/c1-2-3-4-19-25-18(20(22)27-19)13-28-10-9-17-15(12-28)11-24-21(26-17)14-5-7-16(23)8-6-14/h5-8,11H,2-4,9-10,12-13,23H2,1H3,(H,25,27). The minimum absolute atomic E-state index is 0.590. The number of benzene rings is 1. The smallest absolute Gasteiger partial charge is 0.159 e. The van der Waals surface area contributed by atoms with Crippen molar-refractivity contribution in [2.75, 3.05) is 12.3 Å². The summed E-state index contributed by atoms with van der Waals surface area (Å²) in [5, 5.41) is 0.590. The molecule has 0 unspecified atom stereocenters. The van der Waals surface area contributed by atoms with Gasteiger partial charge in [0.15, 0.2) is 11.0 Å². The third kappa shape index (κ3) is 4.18. The number of nitrogen functional groups attached to an aromatic ring is 1. The first-order valence-corrected chi connectivity index (χ1v) is 10.2. The lowest BCUT2D eigenvalue weighted by atomic mass is 10.1. The van der Waals surface area contributed by atoms with Gasteiger partial charge in [-0.3, -0.25) is 4.90 Å². The third-order valence-electron chi connectivity index (χ3n) is 5.11. The fourth-order valence-electron chi connectivity index (χ4n) is 3.51. The number of nitrogens with zero attached hydrogens (tertiary/aromatic N) is 4. The lowest BCUT2D eigenvalue weighted by Gasteiger charge is -2.27. The third-order valence-corrected chi connectivity index (χ3v) is 5.42. The maximum absolute atomic E-state index is 6.34. The lowest BCUT2D eigenvalue weighted by Crippen LogP contribution is -2.31. The van der Waals surface area contributed by atoms with Gasteiger partial charge in [-0.05, 0) is 30.7 Å². The number of nitrogens with two attached hydrogens (primary N) is 1. The van der Waals surface area contributed by atoms with Crippen molar-refractivity contribution in [2.45, 2.75) is 45.7 Å². The molecule has 0 amide bonds. The number of anilines is 1. The van der Waals surface area contributed by atoms with Crippen molar-refractivity contribution in [3.05, 3.63) is 58.4 Å². The molecule has 0 aliphatic carbocycles. The van der Waals surface area contributed by atoms with Crippen LogP contribution in [0.1, 0.15) is 42.5 Å². The Hall–Kier alpha value is -2.44. The van der Waals surface area contributed by atoms with Crippen molar-refractivity contribution in [2.24, 2.45) is 0 Å². The Morgan fingerprint density at radius 3 is 2.82 bits per heavy atom. The van der Waals surface area contributed by atoms with Gasteiger partial charge in [0, 0.05) is 55.5 Å². The zero-order valence-electron chi connectivity index (χ0n) is 16.1. The number of hydrogen-bond acceptors (Lipinski definition) is 5. The molecule has 1 aliphatic heterocycles. The van der Waals surface area contributed by atoms with Crippen LogP contribution in [0.15, 0.2) is 30.5 Å². The van der Waals surface area contributed by atoms with Gasteiger partial charge in [0.1, 0.15) is 5.82 Å². The van der Waals surface area contributed by atoms with Gasteiger partial charge in [0.2, 0.25) is 0 Å². The molecule has 0 fully saturated rings. The predicted molar refractivity (Wildman–Crippen MR) is 112 cm³/mol. The molecule has 1 aliphatic rings. The van der Waals surface area contributed by atoms with Crippen LogP contribution in [0.4, 0.5) is 5.69 Å². The molecule has 2 aromatic heterocycles. The van der Waals surface area contributed by atoms with Gasteiger partial charge in [0.25, 0.3) is 0 Å². The molecule has 0 atom stereocenters. The van der Waals surface area contributed by atoms with Crippen LogP contribution in [0.3, 0.4) is 0 Å². The topological polar surface area (TPSA) is 83.7 Å². The highest BCUT2D eigenvalue weighted by atomic mass is 35.5. The van der Waals surface area contributed by atoms with E-state index in [4.69, 9.17) is 22.3 Å². The number of aryl methyl sites for hydroxylation is 1. The number of unbranched alkanes of at least 4 members (excludes halogenated alkanes) is 1. The minimum Gasteiger partial charge on any atom is -0.399 e. The van der Waals surface area contributed by atoms with E-state index < -0.39 is 0 Å². The Morgan fingerprint density at radius 2 is 2.04 bits per heavy atom. The molecule has 28 heavy (non-hydrogen) atoms. The lowest BCUT2D eigenvalue weighted by molar-refractivity contribution is 0.240. The fourth-order valence-corrected chi connectivity index (χ4v) is 3.72. The molecule has 0 saturated heterocycles. The van der Waals surface area contributed by atoms with Gasteiger partial charge < -0.3 is 10.7 Å².